The molecule has 0 aromatic carbocycles. The zero-order chi connectivity index (χ0) is 10.3. The molecule has 0 atom stereocenters. The number of nitro groups is 2. The lowest BCUT2D eigenvalue weighted by atomic mass is 10.2. The van der Waals surface area contributed by atoms with Crippen molar-refractivity contribution in [2.75, 3.05) is 0 Å². The summed E-state index contributed by atoms with van der Waals surface area (Å²) in [5.74, 6) is 0. The lowest BCUT2D eigenvalue weighted by Crippen LogP contribution is -2.28. The van der Waals surface area contributed by atoms with E-state index >= 15 is 0 Å². The maximum absolute atomic E-state index is 10.1. The van der Waals surface area contributed by atoms with Gasteiger partial charge in [0.2, 0.25) is 0 Å². The average molecular weight is 187 g/mol. The zero-order valence-electron chi connectivity index (χ0n) is 6.88. The fourth-order valence-electron chi connectivity index (χ4n) is 0.819. The van der Waals surface area contributed by atoms with E-state index in [1.54, 1.807) is 0 Å². The van der Waals surface area contributed by atoms with Crippen molar-refractivity contribution in [3.05, 3.63) is 20.2 Å². The minimum atomic E-state index is -1.72. The van der Waals surface area contributed by atoms with Gasteiger partial charge in [-0.1, -0.05) is 0 Å². The number of unbranched alkanes of at least 4 members (excludes halogenated alkanes) is 2. The van der Waals surface area contributed by atoms with Crippen molar-refractivity contribution in [2.24, 2.45) is 0 Å². The standard InChI is InChI=1S/C6H9N3O4/c7-5-3-1-2-4-6(8(10)11)9(12)13/h6H,1-4H2. The molecular weight excluding hydrogens is 178 g/mol. The molecule has 0 aliphatic rings. The fourth-order valence-corrected chi connectivity index (χ4v) is 0.819. The van der Waals surface area contributed by atoms with E-state index in [-0.39, 0.29) is 12.8 Å². The van der Waals surface area contributed by atoms with Gasteiger partial charge in [-0.15, -0.1) is 0 Å². The molecule has 13 heavy (non-hydrogen) atoms. The molecule has 0 aromatic heterocycles. The molecule has 0 fully saturated rings. The summed E-state index contributed by atoms with van der Waals surface area (Å²) in [5.41, 5.74) is 0. The van der Waals surface area contributed by atoms with Crippen molar-refractivity contribution in [1.29, 1.82) is 5.26 Å². The highest BCUT2D eigenvalue weighted by Gasteiger charge is 2.30. The highest BCUT2D eigenvalue weighted by molar-refractivity contribution is 4.67. The first-order chi connectivity index (χ1) is 6.09. The highest BCUT2D eigenvalue weighted by Crippen LogP contribution is 2.06. The molecule has 0 N–H and O–H groups in total. The van der Waals surface area contributed by atoms with Crippen LogP contribution < -0.4 is 0 Å². The SMILES string of the molecule is N#CCCCCC([N+](=O)[O-])[N+](=O)[O-]. The van der Waals surface area contributed by atoms with E-state index in [2.05, 4.69) is 0 Å². The van der Waals surface area contributed by atoms with Gasteiger partial charge in [0.05, 0.1) is 22.3 Å². The molecule has 0 spiro atoms. The molecule has 0 bridgehead atoms. The van der Waals surface area contributed by atoms with Gasteiger partial charge in [0.25, 0.3) is 0 Å². The third-order valence-corrected chi connectivity index (χ3v) is 1.49. The molecule has 0 unspecified atom stereocenters. The first-order valence-electron chi connectivity index (χ1n) is 3.73. The fraction of sp³-hybridized carbons (Fsp3) is 0.833. The van der Waals surface area contributed by atoms with Gasteiger partial charge in [-0.25, -0.2) is 0 Å². The Morgan fingerprint density at radius 3 is 2.15 bits per heavy atom. The predicted molar refractivity (Wildman–Crippen MR) is 41.9 cm³/mol. The topological polar surface area (TPSA) is 110 Å². The molecule has 72 valence electrons. The number of hydrogen-bond donors (Lipinski definition) is 0. The molecule has 0 aliphatic carbocycles. The van der Waals surface area contributed by atoms with E-state index in [4.69, 9.17) is 5.26 Å². The summed E-state index contributed by atoms with van der Waals surface area (Å²) < 4.78 is 0. The van der Waals surface area contributed by atoms with Crippen molar-refractivity contribution in [1.82, 2.24) is 0 Å². The molecule has 0 aromatic rings. The molecule has 0 aliphatic heterocycles. The van der Waals surface area contributed by atoms with Crippen LogP contribution in [0, 0.1) is 31.6 Å². The van der Waals surface area contributed by atoms with E-state index < -0.39 is 16.0 Å². The van der Waals surface area contributed by atoms with Crippen LogP contribution in [0.5, 0.6) is 0 Å². The molecular formula is C6H9N3O4. The van der Waals surface area contributed by atoms with Gasteiger partial charge < -0.3 is 0 Å². The molecule has 0 saturated carbocycles. The van der Waals surface area contributed by atoms with Crippen LogP contribution in [0.1, 0.15) is 25.7 Å². The van der Waals surface area contributed by atoms with Gasteiger partial charge in [-0.05, 0) is 12.8 Å². The van der Waals surface area contributed by atoms with Crippen LogP contribution in [0.15, 0.2) is 0 Å². The van der Waals surface area contributed by atoms with Gasteiger partial charge in [-0.3, -0.25) is 20.2 Å². The van der Waals surface area contributed by atoms with Crippen LogP contribution in [0.25, 0.3) is 0 Å². The average Bonchev–Trinajstić information content (AvgIpc) is 2.02. The number of nitriles is 1. The Hall–Kier alpha value is -1.71. The molecule has 0 radical (unpaired) electrons. The summed E-state index contributed by atoms with van der Waals surface area (Å²) in [5, 5.41) is 28.3. The number of rotatable bonds is 6. The Balaban J connectivity index is 3.79. The lowest BCUT2D eigenvalue weighted by molar-refractivity contribution is -0.743. The zero-order valence-corrected chi connectivity index (χ0v) is 6.88. The molecule has 0 saturated heterocycles. The lowest BCUT2D eigenvalue weighted by Gasteiger charge is -1.99. The second-order valence-electron chi connectivity index (χ2n) is 2.46. The van der Waals surface area contributed by atoms with Crippen molar-refractivity contribution in [2.45, 2.75) is 31.8 Å². The number of hydrogen-bond acceptors (Lipinski definition) is 5. The van der Waals surface area contributed by atoms with Gasteiger partial charge >= 0.3 is 6.17 Å². The summed E-state index contributed by atoms with van der Waals surface area (Å²) in [6.45, 7) is 0. The minimum Gasteiger partial charge on any atom is -0.259 e. The number of nitrogens with zero attached hydrogens (tertiary/aromatic N) is 3. The Morgan fingerprint density at radius 1 is 1.23 bits per heavy atom. The van der Waals surface area contributed by atoms with Crippen molar-refractivity contribution in [3.63, 3.8) is 0 Å². The van der Waals surface area contributed by atoms with Crippen LogP contribution >= 0.6 is 0 Å². The Labute approximate surface area is 74.3 Å². The quantitative estimate of drug-likeness (QED) is 0.266. The maximum atomic E-state index is 10.1. The van der Waals surface area contributed by atoms with E-state index in [9.17, 15) is 20.2 Å². The monoisotopic (exact) mass is 187 g/mol. The second-order valence-corrected chi connectivity index (χ2v) is 2.46. The smallest absolute Gasteiger partial charge is 0.259 e. The summed E-state index contributed by atoms with van der Waals surface area (Å²) in [6.07, 6.45) is -0.753. The first kappa shape index (κ1) is 11.3. The van der Waals surface area contributed by atoms with Gasteiger partial charge in [0.15, 0.2) is 0 Å². The van der Waals surface area contributed by atoms with E-state index in [0.29, 0.717) is 12.8 Å². The Morgan fingerprint density at radius 2 is 1.77 bits per heavy atom. The van der Waals surface area contributed by atoms with Crippen LogP contribution in [0.2, 0.25) is 0 Å². The summed E-state index contributed by atoms with van der Waals surface area (Å²) in [7, 11) is 0. The van der Waals surface area contributed by atoms with E-state index in [0.717, 1.165) is 0 Å². The normalized spacial score (nSPS) is 9.54. The van der Waals surface area contributed by atoms with Crippen LogP contribution in [0.4, 0.5) is 0 Å². The Kier molecular flexibility index (Phi) is 5.11. The van der Waals surface area contributed by atoms with E-state index in [1.807, 2.05) is 6.07 Å². The molecule has 0 amide bonds. The van der Waals surface area contributed by atoms with Crippen molar-refractivity contribution < 1.29 is 9.85 Å². The van der Waals surface area contributed by atoms with Crippen LogP contribution in [-0.4, -0.2) is 16.0 Å². The molecule has 0 rings (SSSR count). The first-order valence-corrected chi connectivity index (χ1v) is 3.73. The highest BCUT2D eigenvalue weighted by atomic mass is 16.7. The molecule has 7 heteroatoms. The van der Waals surface area contributed by atoms with Gasteiger partial charge in [0.1, 0.15) is 0 Å². The third-order valence-electron chi connectivity index (χ3n) is 1.49. The summed E-state index contributed by atoms with van der Waals surface area (Å²) in [4.78, 5) is 18.4. The van der Waals surface area contributed by atoms with Crippen LogP contribution in [0.3, 0.4) is 0 Å². The minimum absolute atomic E-state index is 0.109. The van der Waals surface area contributed by atoms with Crippen molar-refractivity contribution >= 4 is 0 Å². The summed E-state index contributed by atoms with van der Waals surface area (Å²) in [6, 6.07) is 1.86. The summed E-state index contributed by atoms with van der Waals surface area (Å²) >= 11 is 0. The van der Waals surface area contributed by atoms with Gasteiger partial charge in [-0.2, -0.15) is 5.26 Å². The van der Waals surface area contributed by atoms with Crippen molar-refractivity contribution in [3.8, 4) is 6.07 Å². The van der Waals surface area contributed by atoms with Gasteiger partial charge in [0, 0.05) is 6.42 Å². The van der Waals surface area contributed by atoms with Crippen LogP contribution in [-0.2, 0) is 0 Å². The Bertz CT molecular complexity index is 221. The molecule has 7 nitrogen and oxygen atoms in total. The molecule has 0 heterocycles. The van der Waals surface area contributed by atoms with E-state index in [1.165, 1.54) is 0 Å². The predicted octanol–water partition coefficient (Wildman–Crippen LogP) is 0.950. The second kappa shape index (κ2) is 5.88. The maximum Gasteiger partial charge on any atom is 0.450 e. The third kappa shape index (κ3) is 4.68. The largest absolute Gasteiger partial charge is 0.450 e.